The van der Waals surface area contributed by atoms with E-state index in [1.165, 1.54) is 42.5 Å². The van der Waals surface area contributed by atoms with Crippen molar-refractivity contribution in [2.24, 2.45) is 0 Å². The summed E-state index contributed by atoms with van der Waals surface area (Å²) in [5.74, 6) is 1.87. The van der Waals surface area contributed by atoms with Gasteiger partial charge in [-0.1, -0.05) is 24.3 Å². The van der Waals surface area contributed by atoms with Crippen molar-refractivity contribution in [2.75, 3.05) is 5.73 Å². The average molecular weight is 282 g/mol. The second-order valence-electron chi connectivity index (χ2n) is 6.51. The number of nitrogens with one attached hydrogen (secondary N) is 2. The minimum absolute atomic E-state index is 0.591. The maximum Gasteiger partial charge on any atom is 0.145 e. The Hall–Kier alpha value is -1.81. The van der Waals surface area contributed by atoms with E-state index in [0.717, 1.165) is 12.6 Å². The normalized spacial score (nSPS) is 24.8. The molecule has 0 radical (unpaired) electrons. The number of aromatic amines is 1. The number of H-pyrrole nitrogens is 1. The molecule has 110 valence electrons. The maximum absolute atomic E-state index is 5.67. The highest BCUT2D eigenvalue weighted by atomic mass is 15.2. The highest BCUT2D eigenvalue weighted by Gasteiger charge is 2.32. The van der Waals surface area contributed by atoms with Crippen molar-refractivity contribution in [3.05, 3.63) is 47.2 Å². The minimum Gasteiger partial charge on any atom is -0.382 e. The molecule has 1 aromatic heterocycles. The predicted molar refractivity (Wildman–Crippen MR) is 84.0 cm³/mol. The van der Waals surface area contributed by atoms with Crippen molar-refractivity contribution in [3.63, 3.8) is 0 Å². The lowest BCUT2D eigenvalue weighted by molar-refractivity contribution is 0.344. The van der Waals surface area contributed by atoms with Gasteiger partial charge in [-0.2, -0.15) is 5.10 Å². The lowest BCUT2D eigenvalue weighted by Crippen LogP contribution is -2.21. The van der Waals surface area contributed by atoms with Crippen molar-refractivity contribution in [1.29, 1.82) is 0 Å². The third-order valence-corrected chi connectivity index (χ3v) is 4.79. The molecule has 4 rings (SSSR count). The monoisotopic (exact) mass is 282 g/mol. The van der Waals surface area contributed by atoms with Gasteiger partial charge < -0.3 is 11.1 Å². The summed E-state index contributed by atoms with van der Waals surface area (Å²) in [5, 5.41) is 10.7. The van der Waals surface area contributed by atoms with Crippen LogP contribution in [0, 0.1) is 0 Å². The van der Waals surface area contributed by atoms with Crippen LogP contribution in [0.5, 0.6) is 0 Å². The van der Waals surface area contributed by atoms with E-state index in [1.54, 1.807) is 0 Å². The van der Waals surface area contributed by atoms with Crippen LogP contribution in [0.1, 0.15) is 54.3 Å². The van der Waals surface area contributed by atoms with Crippen LogP contribution in [-0.2, 0) is 6.54 Å². The van der Waals surface area contributed by atoms with Crippen LogP contribution >= 0.6 is 0 Å². The Morgan fingerprint density at radius 2 is 2.05 bits per heavy atom. The van der Waals surface area contributed by atoms with Crippen LogP contribution in [0.3, 0.4) is 0 Å². The lowest BCUT2D eigenvalue weighted by atomic mass is 9.70. The number of nitrogens with zero attached hydrogens (tertiary/aromatic N) is 1. The average Bonchev–Trinajstić information content (AvgIpc) is 3.18. The molecule has 2 saturated carbocycles. The first-order chi connectivity index (χ1) is 10.3. The smallest absolute Gasteiger partial charge is 0.145 e. The van der Waals surface area contributed by atoms with E-state index in [0.29, 0.717) is 17.7 Å². The molecular weight excluding hydrogens is 260 g/mol. The first-order valence-corrected chi connectivity index (χ1v) is 7.91. The summed E-state index contributed by atoms with van der Waals surface area (Å²) in [6, 6.07) is 11.8. The minimum atomic E-state index is 0.591. The second kappa shape index (κ2) is 5.19. The first-order valence-electron chi connectivity index (χ1n) is 7.91. The largest absolute Gasteiger partial charge is 0.382 e. The maximum atomic E-state index is 5.67. The van der Waals surface area contributed by atoms with E-state index in [9.17, 15) is 0 Å². The summed E-state index contributed by atoms with van der Waals surface area (Å²) in [5.41, 5.74) is 9.76. The molecule has 4 N–H and O–H groups in total. The molecule has 1 aromatic carbocycles. The summed E-state index contributed by atoms with van der Waals surface area (Å²) in [6.07, 6.45) is 5.08. The molecule has 0 amide bonds. The van der Waals surface area contributed by atoms with Crippen LogP contribution < -0.4 is 11.1 Å². The van der Waals surface area contributed by atoms with Gasteiger partial charge in [0.2, 0.25) is 0 Å². The van der Waals surface area contributed by atoms with Crippen molar-refractivity contribution in [3.8, 4) is 0 Å². The molecule has 2 aliphatic rings. The van der Waals surface area contributed by atoms with E-state index >= 15 is 0 Å². The predicted octanol–water partition coefficient (Wildman–Crippen LogP) is 2.91. The number of anilines is 1. The molecule has 21 heavy (non-hydrogen) atoms. The van der Waals surface area contributed by atoms with Crippen LogP contribution in [0.2, 0.25) is 0 Å². The molecular formula is C17H22N4. The summed E-state index contributed by atoms with van der Waals surface area (Å²) < 4.78 is 0. The Bertz CT molecular complexity index is 623. The zero-order chi connectivity index (χ0) is 14.2. The molecule has 0 bridgehead atoms. The van der Waals surface area contributed by atoms with Crippen LogP contribution in [-0.4, -0.2) is 16.2 Å². The zero-order valence-corrected chi connectivity index (χ0v) is 12.2. The fraction of sp³-hybridized carbons (Fsp3) is 0.471. The Morgan fingerprint density at radius 3 is 2.76 bits per heavy atom. The molecule has 4 heteroatoms. The van der Waals surface area contributed by atoms with Crippen molar-refractivity contribution in [2.45, 2.75) is 50.1 Å². The molecule has 0 atom stereocenters. The van der Waals surface area contributed by atoms with E-state index in [4.69, 9.17) is 5.73 Å². The van der Waals surface area contributed by atoms with Crippen LogP contribution in [0.15, 0.2) is 30.3 Å². The van der Waals surface area contributed by atoms with Gasteiger partial charge in [-0.05, 0) is 42.7 Å². The van der Waals surface area contributed by atoms with E-state index in [2.05, 4.69) is 39.8 Å². The Morgan fingerprint density at radius 1 is 1.19 bits per heavy atom. The van der Waals surface area contributed by atoms with Crippen molar-refractivity contribution >= 4 is 5.82 Å². The SMILES string of the molecule is Nc1cc(C2CC(c3cccc(CNC4CC4)c3)C2)[nH]n1. The first kappa shape index (κ1) is 12.9. The number of aromatic nitrogens is 2. The van der Waals surface area contributed by atoms with E-state index in [-0.39, 0.29) is 0 Å². The van der Waals surface area contributed by atoms with Gasteiger partial charge in [0.05, 0.1) is 0 Å². The van der Waals surface area contributed by atoms with Crippen molar-refractivity contribution < 1.29 is 0 Å². The number of nitrogens with two attached hydrogens (primary N) is 1. The topological polar surface area (TPSA) is 66.7 Å². The van der Waals surface area contributed by atoms with Gasteiger partial charge >= 0.3 is 0 Å². The molecule has 2 fully saturated rings. The van der Waals surface area contributed by atoms with E-state index in [1.807, 2.05) is 6.07 Å². The Labute approximate surface area is 125 Å². The summed E-state index contributed by atoms with van der Waals surface area (Å²) in [6.45, 7) is 1.01. The van der Waals surface area contributed by atoms with Gasteiger partial charge in [0, 0.05) is 30.3 Å². The van der Waals surface area contributed by atoms with Gasteiger partial charge in [0.25, 0.3) is 0 Å². The molecule has 0 saturated heterocycles. The van der Waals surface area contributed by atoms with Crippen LogP contribution in [0.4, 0.5) is 5.82 Å². The lowest BCUT2D eigenvalue weighted by Gasteiger charge is -2.35. The summed E-state index contributed by atoms with van der Waals surface area (Å²) >= 11 is 0. The van der Waals surface area contributed by atoms with Crippen molar-refractivity contribution in [1.82, 2.24) is 15.5 Å². The number of nitrogen functional groups attached to an aromatic ring is 1. The van der Waals surface area contributed by atoms with Gasteiger partial charge in [-0.15, -0.1) is 0 Å². The van der Waals surface area contributed by atoms with E-state index < -0.39 is 0 Å². The Kier molecular flexibility index (Phi) is 3.19. The molecule has 0 aliphatic heterocycles. The number of hydrogen-bond donors (Lipinski definition) is 3. The summed E-state index contributed by atoms with van der Waals surface area (Å²) in [7, 11) is 0. The van der Waals surface area contributed by atoms with Gasteiger partial charge in [-0.25, -0.2) is 0 Å². The zero-order valence-electron chi connectivity index (χ0n) is 12.2. The van der Waals surface area contributed by atoms with Crippen LogP contribution in [0.25, 0.3) is 0 Å². The van der Waals surface area contributed by atoms with Gasteiger partial charge in [0.1, 0.15) is 5.82 Å². The standard InChI is InChI=1S/C17H22N4/c18-17-9-16(20-21-17)14-7-13(8-14)12-3-1-2-11(6-12)10-19-15-4-5-15/h1-3,6,9,13-15,19H,4-5,7-8,10H2,(H3,18,20,21). The molecule has 0 spiro atoms. The van der Waals surface area contributed by atoms with Gasteiger partial charge in [-0.3, -0.25) is 5.10 Å². The highest BCUT2D eigenvalue weighted by molar-refractivity contribution is 5.34. The molecule has 4 nitrogen and oxygen atoms in total. The molecule has 0 unspecified atom stereocenters. The number of rotatable bonds is 5. The number of benzene rings is 1. The quantitative estimate of drug-likeness (QED) is 0.790. The molecule has 2 aromatic rings. The highest BCUT2D eigenvalue weighted by Crippen LogP contribution is 2.47. The fourth-order valence-electron chi connectivity index (χ4n) is 3.21. The third kappa shape index (κ3) is 2.81. The number of hydrogen-bond acceptors (Lipinski definition) is 3. The Balaban J connectivity index is 1.37. The summed E-state index contributed by atoms with van der Waals surface area (Å²) in [4.78, 5) is 0. The fourth-order valence-corrected chi connectivity index (χ4v) is 3.21. The van der Waals surface area contributed by atoms with Gasteiger partial charge in [0.15, 0.2) is 0 Å². The molecule has 1 heterocycles. The molecule has 2 aliphatic carbocycles. The third-order valence-electron chi connectivity index (χ3n) is 4.79. The second-order valence-corrected chi connectivity index (χ2v) is 6.51.